The van der Waals surface area contributed by atoms with E-state index in [1.807, 2.05) is 18.2 Å². The molecule has 0 unspecified atom stereocenters. The topological polar surface area (TPSA) is 39.2 Å². The van der Waals surface area contributed by atoms with Crippen LogP contribution in [0.2, 0.25) is 0 Å². The lowest BCUT2D eigenvalue weighted by molar-refractivity contribution is 0.0519. The summed E-state index contributed by atoms with van der Waals surface area (Å²) in [6, 6.07) is 8.18. The van der Waals surface area contributed by atoms with Gasteiger partial charge in [-0.05, 0) is 61.9 Å². The molecule has 1 aromatic heterocycles. The van der Waals surface area contributed by atoms with Crippen LogP contribution >= 0.6 is 22.6 Å². The van der Waals surface area contributed by atoms with Crippen molar-refractivity contribution in [1.82, 2.24) is 4.98 Å². The molecule has 1 aliphatic rings. The molecule has 0 aliphatic heterocycles. The van der Waals surface area contributed by atoms with Crippen LogP contribution in [0.25, 0.3) is 10.9 Å². The van der Waals surface area contributed by atoms with Crippen molar-refractivity contribution in [3.63, 3.8) is 0 Å². The average molecular weight is 437 g/mol. The normalized spacial score (nSPS) is 21.1. The third-order valence-electron chi connectivity index (χ3n) is 5.15. The number of carbonyl (C=O) groups is 1. The van der Waals surface area contributed by atoms with Gasteiger partial charge in [0.05, 0.1) is 17.3 Å². The Labute approximate surface area is 157 Å². The zero-order valence-corrected chi connectivity index (χ0v) is 16.5. The number of aryl methyl sites for hydroxylation is 1. The second-order valence-corrected chi connectivity index (χ2v) is 7.33. The Morgan fingerprint density at radius 2 is 2.00 bits per heavy atom. The zero-order valence-electron chi connectivity index (χ0n) is 14.3. The van der Waals surface area contributed by atoms with E-state index < -0.39 is 0 Å². The molecule has 3 rings (SSSR count). The van der Waals surface area contributed by atoms with Gasteiger partial charge in [0.15, 0.2) is 5.78 Å². The molecule has 2 aromatic rings. The Balaban J connectivity index is 1.86. The molecule has 0 saturated heterocycles. The molecule has 1 aromatic carbocycles. The Morgan fingerprint density at radius 3 is 2.62 bits per heavy atom. The number of nitrogens with zero attached hydrogens (tertiary/aromatic N) is 1. The maximum Gasteiger partial charge on any atom is 0.165 e. The van der Waals surface area contributed by atoms with Crippen molar-refractivity contribution in [2.45, 2.75) is 49.6 Å². The van der Waals surface area contributed by atoms with Gasteiger partial charge in [-0.1, -0.05) is 29.5 Å². The molecule has 1 aliphatic carbocycles. The highest BCUT2D eigenvalue weighted by atomic mass is 127. The van der Waals surface area contributed by atoms with E-state index in [-0.39, 0.29) is 11.7 Å². The second kappa shape index (κ2) is 7.91. The second-order valence-electron chi connectivity index (χ2n) is 6.56. The van der Waals surface area contributed by atoms with E-state index >= 15 is 0 Å². The van der Waals surface area contributed by atoms with Gasteiger partial charge in [-0.3, -0.25) is 9.78 Å². The van der Waals surface area contributed by atoms with E-state index in [2.05, 4.69) is 35.6 Å². The van der Waals surface area contributed by atoms with Crippen molar-refractivity contribution >= 4 is 39.3 Å². The summed E-state index contributed by atoms with van der Waals surface area (Å²) in [6.07, 6.45) is 5.14. The minimum Gasteiger partial charge on any atom is -0.381 e. The lowest BCUT2D eigenvalue weighted by Crippen LogP contribution is -2.25. The summed E-state index contributed by atoms with van der Waals surface area (Å²) in [5, 5.41) is 1.08. The summed E-state index contributed by atoms with van der Waals surface area (Å²) < 4.78 is 6.33. The average Bonchev–Trinajstić information content (AvgIpc) is 2.65. The van der Waals surface area contributed by atoms with Crippen molar-refractivity contribution < 1.29 is 9.53 Å². The van der Waals surface area contributed by atoms with Gasteiger partial charge < -0.3 is 4.74 Å². The van der Waals surface area contributed by atoms with Crippen LogP contribution in [0.3, 0.4) is 0 Å². The van der Waals surface area contributed by atoms with Crippen LogP contribution in [0.15, 0.2) is 24.3 Å². The minimum atomic E-state index is 0.140. The van der Waals surface area contributed by atoms with Crippen molar-refractivity contribution in [1.29, 1.82) is 0 Å². The third-order valence-corrected chi connectivity index (χ3v) is 5.88. The molecule has 1 heterocycles. The fraction of sp³-hybridized carbons (Fsp3) is 0.500. The summed E-state index contributed by atoms with van der Waals surface area (Å²) in [7, 11) is 1.76. The Bertz CT molecular complexity index is 736. The first-order valence-corrected chi connectivity index (χ1v) is 10.2. The van der Waals surface area contributed by atoms with Crippen LogP contribution < -0.4 is 0 Å². The van der Waals surface area contributed by atoms with Crippen LogP contribution in [-0.2, 0) is 15.6 Å². The highest BCUT2D eigenvalue weighted by Crippen LogP contribution is 2.30. The summed E-state index contributed by atoms with van der Waals surface area (Å²) in [6.45, 7) is 2.15. The van der Waals surface area contributed by atoms with Crippen LogP contribution in [0, 0.1) is 5.92 Å². The highest BCUT2D eigenvalue weighted by Gasteiger charge is 2.27. The van der Waals surface area contributed by atoms with Crippen LogP contribution in [-0.4, -0.2) is 24.0 Å². The number of alkyl halides is 1. The smallest absolute Gasteiger partial charge is 0.165 e. The van der Waals surface area contributed by atoms with Gasteiger partial charge in [-0.25, -0.2) is 0 Å². The molecule has 3 nitrogen and oxygen atoms in total. The number of aromatic nitrogens is 1. The van der Waals surface area contributed by atoms with Crippen molar-refractivity contribution in [2.75, 3.05) is 7.11 Å². The van der Waals surface area contributed by atoms with E-state index in [0.717, 1.165) is 58.7 Å². The number of Topliss-reactive ketones (excluding diaryl/α,β-unsaturated/α-hetero) is 1. The number of ketones is 1. The van der Waals surface area contributed by atoms with Gasteiger partial charge in [0.2, 0.25) is 0 Å². The van der Waals surface area contributed by atoms with Gasteiger partial charge in [-0.2, -0.15) is 0 Å². The summed E-state index contributed by atoms with van der Waals surface area (Å²) >= 11 is 2.36. The van der Waals surface area contributed by atoms with E-state index in [1.165, 1.54) is 5.56 Å². The monoisotopic (exact) mass is 437 g/mol. The number of carbonyl (C=O) groups excluding carboxylic acids is 1. The summed E-state index contributed by atoms with van der Waals surface area (Å²) in [5.41, 5.74) is 4.25. The number of halogens is 1. The fourth-order valence-electron chi connectivity index (χ4n) is 3.63. The first kappa shape index (κ1) is 17.8. The number of hydrogen-bond acceptors (Lipinski definition) is 3. The number of methoxy groups -OCH3 is 1. The molecule has 0 amide bonds. The number of rotatable bonds is 5. The van der Waals surface area contributed by atoms with Crippen molar-refractivity contribution in [3.05, 3.63) is 41.1 Å². The predicted molar refractivity (Wildman–Crippen MR) is 106 cm³/mol. The van der Waals surface area contributed by atoms with Crippen LogP contribution in [0.5, 0.6) is 0 Å². The van der Waals surface area contributed by atoms with Crippen LogP contribution in [0.4, 0.5) is 0 Å². The van der Waals surface area contributed by atoms with E-state index in [9.17, 15) is 4.79 Å². The first-order valence-electron chi connectivity index (χ1n) is 8.71. The molecule has 4 heteroatoms. The Morgan fingerprint density at radius 1 is 1.25 bits per heavy atom. The zero-order chi connectivity index (χ0) is 17.1. The summed E-state index contributed by atoms with van der Waals surface area (Å²) in [5.74, 6) is 0.420. The molecule has 0 spiro atoms. The van der Waals surface area contributed by atoms with Crippen molar-refractivity contribution in [3.8, 4) is 0 Å². The maximum absolute atomic E-state index is 12.9. The van der Waals surface area contributed by atoms with E-state index in [4.69, 9.17) is 9.72 Å². The Hall–Kier alpha value is -1.01. The highest BCUT2D eigenvalue weighted by molar-refractivity contribution is 14.1. The van der Waals surface area contributed by atoms with Crippen molar-refractivity contribution in [2.24, 2.45) is 5.92 Å². The molecule has 0 radical (unpaired) electrons. The van der Waals surface area contributed by atoms with Crippen LogP contribution in [0.1, 0.15) is 54.2 Å². The fourth-order valence-corrected chi connectivity index (χ4v) is 4.29. The van der Waals surface area contributed by atoms with Gasteiger partial charge in [0.25, 0.3) is 0 Å². The molecular weight excluding hydrogens is 413 g/mol. The number of ether oxygens (including phenoxy) is 1. The molecule has 128 valence electrons. The predicted octanol–water partition coefficient (Wildman–Crippen LogP) is 5.12. The molecule has 0 N–H and O–H groups in total. The van der Waals surface area contributed by atoms with Gasteiger partial charge in [0.1, 0.15) is 0 Å². The SMILES string of the molecule is CCc1cc2cc(C(=O)C3CCC(OC)CC3)ccc2nc1CI. The van der Waals surface area contributed by atoms with E-state index in [1.54, 1.807) is 7.11 Å². The quantitative estimate of drug-likeness (QED) is 0.370. The number of benzene rings is 1. The van der Waals surface area contributed by atoms with Gasteiger partial charge in [0, 0.05) is 28.4 Å². The van der Waals surface area contributed by atoms with Gasteiger partial charge in [-0.15, -0.1) is 0 Å². The molecule has 0 bridgehead atoms. The molecule has 1 saturated carbocycles. The standard InChI is InChI=1S/C20H24INO2/c1-3-13-10-16-11-15(6-9-18(16)22-19(13)12-21)20(23)14-4-7-17(24-2)8-5-14/h6,9-11,14,17H,3-5,7-8,12H2,1-2H3. The molecule has 0 atom stereocenters. The largest absolute Gasteiger partial charge is 0.381 e. The maximum atomic E-state index is 12.9. The molecule has 24 heavy (non-hydrogen) atoms. The minimum absolute atomic E-state index is 0.140. The lowest BCUT2D eigenvalue weighted by atomic mass is 9.82. The first-order chi connectivity index (χ1) is 11.7. The number of pyridine rings is 1. The molecule has 1 fully saturated rings. The number of hydrogen-bond donors (Lipinski definition) is 0. The number of fused-ring (bicyclic) bond motifs is 1. The van der Waals surface area contributed by atoms with E-state index in [0.29, 0.717) is 6.10 Å². The molecular formula is C20H24INO2. The third kappa shape index (κ3) is 3.64. The Kier molecular flexibility index (Phi) is 5.87. The summed E-state index contributed by atoms with van der Waals surface area (Å²) in [4.78, 5) is 17.6. The lowest BCUT2D eigenvalue weighted by Gasteiger charge is -2.26. The van der Waals surface area contributed by atoms with Gasteiger partial charge >= 0.3 is 0 Å².